The largest absolute Gasteiger partial charge is 0.377 e. The van der Waals surface area contributed by atoms with Gasteiger partial charge in [0.05, 0.1) is 6.10 Å². The van der Waals surface area contributed by atoms with Gasteiger partial charge in [-0.25, -0.2) is 0 Å². The summed E-state index contributed by atoms with van der Waals surface area (Å²) >= 11 is 3.62. The molecule has 1 aliphatic rings. The second-order valence-electron chi connectivity index (χ2n) is 4.86. The molecule has 0 bridgehead atoms. The van der Waals surface area contributed by atoms with E-state index in [4.69, 9.17) is 10.5 Å². The predicted octanol–water partition coefficient (Wildman–Crippen LogP) is 2.53. The van der Waals surface area contributed by atoms with Gasteiger partial charge in [-0.3, -0.25) is 0 Å². The minimum Gasteiger partial charge on any atom is -0.377 e. The maximum Gasteiger partial charge on any atom is 0.0700 e. The van der Waals surface area contributed by atoms with Gasteiger partial charge in [0.1, 0.15) is 0 Å². The molecule has 1 aromatic rings. The molecule has 2 rings (SSSR count). The number of hydrogen-bond donors (Lipinski definition) is 2. The van der Waals surface area contributed by atoms with Crippen molar-refractivity contribution >= 4 is 15.9 Å². The van der Waals surface area contributed by atoms with Crippen molar-refractivity contribution in [1.29, 1.82) is 0 Å². The fourth-order valence-electron chi connectivity index (χ4n) is 2.31. The molecule has 1 aliphatic heterocycles. The highest BCUT2D eigenvalue weighted by Gasteiger charge is 2.18. The van der Waals surface area contributed by atoms with E-state index in [1.165, 1.54) is 17.5 Å². The second-order valence-corrected chi connectivity index (χ2v) is 5.71. The number of nitrogens with one attached hydrogen (secondary N) is 1. The molecule has 4 heteroatoms. The Hall–Kier alpha value is -0.420. The Bertz CT molecular complexity index is 391. The van der Waals surface area contributed by atoms with Crippen molar-refractivity contribution in [3.05, 3.63) is 33.8 Å². The van der Waals surface area contributed by atoms with Crippen molar-refractivity contribution in [2.45, 2.75) is 31.9 Å². The van der Waals surface area contributed by atoms with Crippen molar-refractivity contribution < 1.29 is 4.74 Å². The maximum absolute atomic E-state index is 5.87. The topological polar surface area (TPSA) is 47.3 Å². The van der Waals surface area contributed by atoms with Crippen molar-refractivity contribution in [3.63, 3.8) is 0 Å². The Kier molecular flexibility index (Phi) is 5.18. The Balaban J connectivity index is 1.98. The first-order valence-electron chi connectivity index (χ1n) is 6.52. The molecule has 1 aromatic carbocycles. The first-order chi connectivity index (χ1) is 8.70. The Morgan fingerprint density at radius 1 is 1.56 bits per heavy atom. The zero-order valence-electron chi connectivity index (χ0n) is 10.8. The summed E-state index contributed by atoms with van der Waals surface area (Å²) in [5.41, 5.74) is 8.35. The van der Waals surface area contributed by atoms with Crippen LogP contribution in [-0.2, 0) is 4.74 Å². The van der Waals surface area contributed by atoms with E-state index < -0.39 is 0 Å². The van der Waals surface area contributed by atoms with Gasteiger partial charge in [0.15, 0.2) is 0 Å². The van der Waals surface area contributed by atoms with Gasteiger partial charge in [0.25, 0.3) is 0 Å². The molecule has 100 valence electrons. The molecule has 2 atom stereocenters. The lowest BCUT2D eigenvalue weighted by Crippen LogP contribution is -2.34. The molecule has 3 N–H and O–H groups in total. The first kappa shape index (κ1) is 14.0. The van der Waals surface area contributed by atoms with Crippen LogP contribution in [0.4, 0.5) is 0 Å². The molecule has 2 unspecified atom stereocenters. The van der Waals surface area contributed by atoms with Crippen LogP contribution in [0, 0.1) is 6.92 Å². The first-order valence-corrected chi connectivity index (χ1v) is 7.31. The summed E-state index contributed by atoms with van der Waals surface area (Å²) < 4.78 is 6.74. The van der Waals surface area contributed by atoms with Crippen LogP contribution in [0.15, 0.2) is 22.7 Å². The second kappa shape index (κ2) is 6.66. The molecule has 3 nitrogen and oxygen atoms in total. The standard InChI is InChI=1S/C14H21BrN2O/c1-10-4-5-12(13(15)7-10)14(8-16)17-9-11-3-2-6-18-11/h4-5,7,11,14,17H,2-3,6,8-9,16H2,1H3. The SMILES string of the molecule is Cc1ccc(C(CN)NCC2CCCO2)c(Br)c1. The van der Waals surface area contributed by atoms with Gasteiger partial charge in [-0.15, -0.1) is 0 Å². The number of aryl methyl sites for hydroxylation is 1. The van der Waals surface area contributed by atoms with E-state index in [1.54, 1.807) is 0 Å². The molecular weight excluding hydrogens is 292 g/mol. The van der Waals surface area contributed by atoms with Crippen LogP contribution < -0.4 is 11.1 Å². The normalized spacial score (nSPS) is 21.2. The van der Waals surface area contributed by atoms with E-state index in [0.29, 0.717) is 12.6 Å². The minimum absolute atomic E-state index is 0.184. The van der Waals surface area contributed by atoms with Gasteiger partial charge in [0.2, 0.25) is 0 Å². The van der Waals surface area contributed by atoms with Gasteiger partial charge in [0, 0.05) is 30.2 Å². The summed E-state index contributed by atoms with van der Waals surface area (Å²) in [5.74, 6) is 0. The van der Waals surface area contributed by atoms with Crippen LogP contribution in [-0.4, -0.2) is 25.8 Å². The molecular formula is C14H21BrN2O. The van der Waals surface area contributed by atoms with Gasteiger partial charge in [-0.05, 0) is 37.0 Å². The summed E-state index contributed by atoms with van der Waals surface area (Å²) in [4.78, 5) is 0. The lowest BCUT2D eigenvalue weighted by molar-refractivity contribution is 0.107. The fraction of sp³-hybridized carbons (Fsp3) is 0.571. The van der Waals surface area contributed by atoms with Gasteiger partial charge in [-0.2, -0.15) is 0 Å². The third kappa shape index (κ3) is 3.54. The number of ether oxygens (including phenoxy) is 1. The highest BCUT2D eigenvalue weighted by molar-refractivity contribution is 9.10. The minimum atomic E-state index is 0.184. The van der Waals surface area contributed by atoms with Crippen LogP contribution in [0.3, 0.4) is 0 Å². The zero-order valence-corrected chi connectivity index (χ0v) is 12.4. The molecule has 0 spiro atoms. The lowest BCUT2D eigenvalue weighted by atomic mass is 10.0. The molecule has 0 aromatic heterocycles. The van der Waals surface area contributed by atoms with Gasteiger partial charge >= 0.3 is 0 Å². The molecule has 0 radical (unpaired) electrons. The molecule has 0 aliphatic carbocycles. The van der Waals surface area contributed by atoms with Crippen molar-refractivity contribution in [2.24, 2.45) is 5.73 Å². The summed E-state index contributed by atoms with van der Waals surface area (Å²) in [6, 6.07) is 6.57. The number of hydrogen-bond acceptors (Lipinski definition) is 3. The summed E-state index contributed by atoms with van der Waals surface area (Å²) in [6.07, 6.45) is 2.68. The zero-order chi connectivity index (χ0) is 13.0. The van der Waals surface area contributed by atoms with Crippen LogP contribution in [0.25, 0.3) is 0 Å². The van der Waals surface area contributed by atoms with Crippen molar-refractivity contribution in [2.75, 3.05) is 19.7 Å². The van der Waals surface area contributed by atoms with E-state index in [9.17, 15) is 0 Å². The Labute approximate surface area is 117 Å². The van der Waals surface area contributed by atoms with Crippen LogP contribution in [0.5, 0.6) is 0 Å². The predicted molar refractivity (Wildman–Crippen MR) is 77.7 cm³/mol. The maximum atomic E-state index is 5.87. The molecule has 1 fully saturated rings. The van der Waals surface area contributed by atoms with Crippen LogP contribution in [0.2, 0.25) is 0 Å². The van der Waals surface area contributed by atoms with Crippen molar-refractivity contribution in [3.8, 4) is 0 Å². The number of rotatable bonds is 5. The third-order valence-corrected chi connectivity index (χ3v) is 4.07. The molecule has 1 saturated heterocycles. The van der Waals surface area contributed by atoms with Crippen LogP contribution >= 0.6 is 15.9 Å². The van der Waals surface area contributed by atoms with E-state index in [2.05, 4.69) is 46.4 Å². The van der Waals surface area contributed by atoms with E-state index in [1.807, 2.05) is 0 Å². The number of nitrogens with two attached hydrogens (primary N) is 1. The highest BCUT2D eigenvalue weighted by atomic mass is 79.9. The molecule has 0 saturated carbocycles. The van der Waals surface area contributed by atoms with Gasteiger partial charge in [-0.1, -0.05) is 28.1 Å². The quantitative estimate of drug-likeness (QED) is 0.878. The highest BCUT2D eigenvalue weighted by Crippen LogP contribution is 2.24. The third-order valence-electron chi connectivity index (χ3n) is 3.38. The fourth-order valence-corrected chi connectivity index (χ4v) is 3.08. The monoisotopic (exact) mass is 312 g/mol. The van der Waals surface area contributed by atoms with Crippen LogP contribution in [0.1, 0.15) is 30.0 Å². The molecule has 0 amide bonds. The van der Waals surface area contributed by atoms with E-state index >= 15 is 0 Å². The average Bonchev–Trinajstić information content (AvgIpc) is 2.85. The number of halogens is 1. The van der Waals surface area contributed by atoms with Crippen molar-refractivity contribution in [1.82, 2.24) is 5.32 Å². The van der Waals surface area contributed by atoms with E-state index in [-0.39, 0.29) is 6.04 Å². The summed E-state index contributed by atoms with van der Waals surface area (Å²) in [6.45, 7) is 4.45. The molecule has 18 heavy (non-hydrogen) atoms. The molecule has 1 heterocycles. The number of benzene rings is 1. The average molecular weight is 313 g/mol. The lowest BCUT2D eigenvalue weighted by Gasteiger charge is -2.21. The van der Waals surface area contributed by atoms with Gasteiger partial charge < -0.3 is 15.8 Å². The van der Waals surface area contributed by atoms with E-state index in [0.717, 1.165) is 24.0 Å². The summed E-state index contributed by atoms with van der Waals surface area (Å²) in [5, 5.41) is 3.51. The Morgan fingerprint density at radius 3 is 3.00 bits per heavy atom. The smallest absolute Gasteiger partial charge is 0.0700 e. The Morgan fingerprint density at radius 2 is 2.39 bits per heavy atom. The summed E-state index contributed by atoms with van der Waals surface area (Å²) in [7, 11) is 0.